The van der Waals surface area contributed by atoms with E-state index in [1.807, 2.05) is 0 Å². The van der Waals surface area contributed by atoms with Crippen molar-refractivity contribution in [3.8, 4) is 5.75 Å². The van der Waals surface area contributed by atoms with E-state index in [0.29, 0.717) is 17.9 Å². The Balaban J connectivity index is 1.62. The van der Waals surface area contributed by atoms with Crippen LogP contribution in [0.15, 0.2) is 18.2 Å². The van der Waals surface area contributed by atoms with Gasteiger partial charge in [0.25, 0.3) is 5.91 Å². The molecule has 0 saturated carbocycles. The predicted molar refractivity (Wildman–Crippen MR) is 106 cm³/mol. The number of amides is 3. The number of benzene rings is 1. The van der Waals surface area contributed by atoms with Gasteiger partial charge in [-0.2, -0.15) is 0 Å². The van der Waals surface area contributed by atoms with Crippen LogP contribution in [0.2, 0.25) is 0 Å². The first kappa shape index (κ1) is 20.3. The van der Waals surface area contributed by atoms with E-state index < -0.39 is 23.3 Å². The molecule has 1 aromatic carbocycles. The van der Waals surface area contributed by atoms with Gasteiger partial charge in [-0.25, -0.2) is 4.79 Å². The lowest BCUT2D eigenvalue weighted by Crippen LogP contribution is -2.44. The van der Waals surface area contributed by atoms with E-state index in [0.717, 1.165) is 17.2 Å². The standard InChI is InChI=1S/C19H25N3O5S/c1-4-26-19(25)22-16(24)12-7-8-28-18(12)21-15(23)11-5-6-14-13(9-11)20-17(27-14)10(2)3/h5-6,9-10,12,17-18,20H,4,7-8H2,1-3H3,(H,21,23)(H,22,24,25). The highest BCUT2D eigenvalue weighted by atomic mass is 32.2. The topological polar surface area (TPSA) is 106 Å². The zero-order chi connectivity index (χ0) is 20.3. The Morgan fingerprint density at radius 2 is 2.14 bits per heavy atom. The van der Waals surface area contributed by atoms with Crippen LogP contribution in [0.3, 0.4) is 0 Å². The summed E-state index contributed by atoms with van der Waals surface area (Å²) in [6.07, 6.45) is -0.301. The van der Waals surface area contributed by atoms with E-state index in [1.165, 1.54) is 11.8 Å². The van der Waals surface area contributed by atoms with Crippen LogP contribution >= 0.6 is 11.8 Å². The fourth-order valence-corrected chi connectivity index (χ4v) is 4.41. The molecule has 0 aliphatic carbocycles. The number of carbonyl (C=O) groups excluding carboxylic acids is 3. The van der Waals surface area contributed by atoms with Gasteiger partial charge in [0, 0.05) is 11.5 Å². The molecule has 1 aromatic rings. The summed E-state index contributed by atoms with van der Waals surface area (Å²) in [5.74, 6) is 0.542. The molecule has 1 fully saturated rings. The van der Waals surface area contributed by atoms with Gasteiger partial charge in [0.2, 0.25) is 5.91 Å². The smallest absolute Gasteiger partial charge is 0.413 e. The van der Waals surface area contributed by atoms with Gasteiger partial charge >= 0.3 is 6.09 Å². The highest BCUT2D eigenvalue weighted by Gasteiger charge is 2.36. The molecule has 2 aliphatic heterocycles. The third-order valence-corrected chi connectivity index (χ3v) is 5.88. The molecule has 0 spiro atoms. The van der Waals surface area contributed by atoms with Crippen molar-refractivity contribution in [3.63, 3.8) is 0 Å². The van der Waals surface area contributed by atoms with Gasteiger partial charge in [0.05, 0.1) is 23.6 Å². The van der Waals surface area contributed by atoms with Crippen LogP contribution in [-0.4, -0.2) is 41.9 Å². The number of imide groups is 1. The first-order valence-corrected chi connectivity index (χ1v) is 10.4. The quantitative estimate of drug-likeness (QED) is 0.689. The Kier molecular flexibility index (Phi) is 6.33. The summed E-state index contributed by atoms with van der Waals surface area (Å²) < 4.78 is 10.5. The third kappa shape index (κ3) is 4.52. The van der Waals surface area contributed by atoms with Crippen LogP contribution in [0.1, 0.15) is 37.6 Å². The molecule has 3 atom stereocenters. The van der Waals surface area contributed by atoms with Crippen LogP contribution in [0.5, 0.6) is 5.75 Å². The molecule has 2 aliphatic rings. The number of ether oxygens (including phenoxy) is 2. The lowest BCUT2D eigenvalue weighted by molar-refractivity contribution is -0.124. The minimum atomic E-state index is -0.765. The maximum atomic E-state index is 12.7. The second kappa shape index (κ2) is 8.72. The molecule has 1 saturated heterocycles. The van der Waals surface area contributed by atoms with E-state index in [4.69, 9.17) is 9.47 Å². The zero-order valence-electron chi connectivity index (χ0n) is 16.1. The number of carbonyl (C=O) groups is 3. The van der Waals surface area contributed by atoms with Gasteiger partial charge in [-0.3, -0.25) is 14.9 Å². The average Bonchev–Trinajstić information content (AvgIpc) is 3.27. The second-order valence-electron chi connectivity index (χ2n) is 7.01. The number of alkyl carbamates (subject to hydrolysis) is 1. The van der Waals surface area contributed by atoms with E-state index in [9.17, 15) is 14.4 Å². The van der Waals surface area contributed by atoms with Crippen molar-refractivity contribution in [3.05, 3.63) is 23.8 Å². The molecule has 8 nitrogen and oxygen atoms in total. The lowest BCUT2D eigenvalue weighted by Gasteiger charge is -2.19. The van der Waals surface area contributed by atoms with Crippen molar-refractivity contribution in [2.75, 3.05) is 17.7 Å². The van der Waals surface area contributed by atoms with Crippen molar-refractivity contribution < 1.29 is 23.9 Å². The molecule has 3 rings (SSSR count). The molecular weight excluding hydrogens is 382 g/mol. The van der Waals surface area contributed by atoms with Gasteiger partial charge < -0.3 is 20.1 Å². The third-order valence-electron chi connectivity index (χ3n) is 4.60. The Hall–Kier alpha value is -2.42. The summed E-state index contributed by atoms with van der Waals surface area (Å²) in [5, 5.41) is 7.98. The van der Waals surface area contributed by atoms with Gasteiger partial charge in [-0.15, -0.1) is 11.8 Å². The first-order chi connectivity index (χ1) is 13.4. The molecule has 3 unspecified atom stereocenters. The summed E-state index contributed by atoms with van der Waals surface area (Å²) in [4.78, 5) is 36.5. The monoisotopic (exact) mass is 407 g/mol. The number of nitrogens with one attached hydrogen (secondary N) is 3. The summed E-state index contributed by atoms with van der Waals surface area (Å²) in [5.41, 5.74) is 1.26. The molecule has 3 amide bonds. The summed E-state index contributed by atoms with van der Waals surface area (Å²) in [6, 6.07) is 5.22. The number of fused-ring (bicyclic) bond motifs is 1. The molecule has 28 heavy (non-hydrogen) atoms. The Morgan fingerprint density at radius 1 is 1.36 bits per heavy atom. The molecule has 152 valence electrons. The minimum absolute atomic E-state index is 0.116. The van der Waals surface area contributed by atoms with E-state index in [1.54, 1.807) is 25.1 Å². The van der Waals surface area contributed by atoms with Gasteiger partial charge in [0.1, 0.15) is 5.75 Å². The highest BCUT2D eigenvalue weighted by Crippen LogP contribution is 2.35. The molecule has 0 radical (unpaired) electrons. The van der Waals surface area contributed by atoms with E-state index >= 15 is 0 Å². The number of rotatable bonds is 5. The normalized spacial score (nSPS) is 22.8. The predicted octanol–water partition coefficient (Wildman–Crippen LogP) is 2.55. The highest BCUT2D eigenvalue weighted by molar-refractivity contribution is 8.00. The number of anilines is 1. The molecule has 3 N–H and O–H groups in total. The molecular formula is C19H25N3O5S. The average molecular weight is 407 g/mol. The Bertz CT molecular complexity index is 770. The molecule has 0 bridgehead atoms. The lowest BCUT2D eigenvalue weighted by atomic mass is 10.1. The fraction of sp³-hybridized carbons (Fsp3) is 0.526. The number of thioether (sulfide) groups is 1. The summed E-state index contributed by atoms with van der Waals surface area (Å²) in [7, 11) is 0. The van der Waals surface area contributed by atoms with Crippen molar-refractivity contribution in [1.29, 1.82) is 0 Å². The Morgan fingerprint density at radius 3 is 2.86 bits per heavy atom. The zero-order valence-corrected chi connectivity index (χ0v) is 16.9. The number of hydrogen-bond donors (Lipinski definition) is 3. The van der Waals surface area contributed by atoms with Crippen LogP contribution < -0.4 is 20.7 Å². The molecule has 0 aromatic heterocycles. The maximum Gasteiger partial charge on any atom is 0.413 e. The van der Waals surface area contributed by atoms with Crippen LogP contribution in [0, 0.1) is 11.8 Å². The minimum Gasteiger partial charge on any atom is -0.468 e. The van der Waals surface area contributed by atoms with E-state index in [2.05, 4.69) is 29.8 Å². The van der Waals surface area contributed by atoms with Crippen molar-refractivity contribution in [2.24, 2.45) is 11.8 Å². The van der Waals surface area contributed by atoms with Gasteiger partial charge in [-0.1, -0.05) is 13.8 Å². The maximum absolute atomic E-state index is 12.7. The summed E-state index contributed by atoms with van der Waals surface area (Å²) >= 11 is 1.49. The number of hydrogen-bond acceptors (Lipinski definition) is 7. The SMILES string of the molecule is CCOC(=O)NC(=O)C1CCSC1NC(=O)c1ccc2c(c1)NC(C(C)C)O2. The fourth-order valence-electron chi connectivity index (χ4n) is 3.08. The first-order valence-electron chi connectivity index (χ1n) is 9.36. The van der Waals surface area contributed by atoms with Crippen LogP contribution in [-0.2, 0) is 9.53 Å². The Labute approximate surface area is 168 Å². The molecule has 2 heterocycles. The van der Waals surface area contributed by atoms with Crippen LogP contribution in [0.4, 0.5) is 10.5 Å². The second-order valence-corrected chi connectivity index (χ2v) is 8.26. The molecule has 9 heteroatoms. The van der Waals surface area contributed by atoms with Crippen LogP contribution in [0.25, 0.3) is 0 Å². The van der Waals surface area contributed by atoms with Gasteiger partial charge in [-0.05, 0) is 37.3 Å². The van der Waals surface area contributed by atoms with Crippen molar-refractivity contribution in [1.82, 2.24) is 10.6 Å². The van der Waals surface area contributed by atoms with Crippen molar-refractivity contribution in [2.45, 2.75) is 38.8 Å². The summed E-state index contributed by atoms with van der Waals surface area (Å²) in [6.45, 7) is 5.96. The van der Waals surface area contributed by atoms with Crippen molar-refractivity contribution >= 4 is 35.4 Å². The van der Waals surface area contributed by atoms with E-state index in [-0.39, 0.29) is 18.7 Å². The largest absolute Gasteiger partial charge is 0.468 e. The van der Waals surface area contributed by atoms with Gasteiger partial charge in [0.15, 0.2) is 6.23 Å².